The smallest absolute Gasteiger partial charge is 0.264 e. The van der Waals surface area contributed by atoms with Crippen molar-refractivity contribution >= 4 is 34.6 Å². The zero-order chi connectivity index (χ0) is 17.6. The fourth-order valence-corrected chi connectivity index (χ4v) is 3.03. The number of hydrogen-bond acceptors (Lipinski definition) is 5. The van der Waals surface area contributed by atoms with Gasteiger partial charge in [0.05, 0.1) is 17.2 Å². The number of benzene rings is 2. The predicted molar refractivity (Wildman–Crippen MR) is 101 cm³/mol. The maximum atomic E-state index is 12.1. The van der Waals surface area contributed by atoms with Gasteiger partial charge in [0.15, 0.2) is 5.17 Å². The molecule has 0 atom stereocenters. The first kappa shape index (κ1) is 17.1. The van der Waals surface area contributed by atoms with Crippen LogP contribution < -0.4 is 10.1 Å². The molecule has 6 heteroatoms. The first-order valence-electron chi connectivity index (χ1n) is 7.95. The third-order valence-corrected chi connectivity index (χ3v) is 4.27. The van der Waals surface area contributed by atoms with Crippen molar-refractivity contribution in [2.75, 3.05) is 6.61 Å². The van der Waals surface area contributed by atoms with Gasteiger partial charge in [-0.3, -0.25) is 4.79 Å². The molecule has 0 radical (unpaired) electrons. The highest BCUT2D eigenvalue weighted by molar-refractivity contribution is 8.18. The second-order valence-corrected chi connectivity index (χ2v) is 6.45. The molecule has 0 unspecified atom stereocenters. The zero-order valence-corrected chi connectivity index (χ0v) is 14.5. The van der Waals surface area contributed by atoms with Gasteiger partial charge in [0.2, 0.25) is 0 Å². The standard InChI is InChI=1S/C19H18N2O3S/c1-2-10-24-16-8-6-13(7-9-16)11-17-18(23)21-19(25-17)20-14-4-3-5-15(22)12-14/h3-9,11-12,22H,2,10H2,1H3,(H,20,21,23)/b17-11-. The van der Waals surface area contributed by atoms with Gasteiger partial charge in [0.1, 0.15) is 11.5 Å². The van der Waals surface area contributed by atoms with Crippen molar-refractivity contribution in [2.24, 2.45) is 4.99 Å². The van der Waals surface area contributed by atoms with E-state index in [1.54, 1.807) is 18.2 Å². The van der Waals surface area contributed by atoms with E-state index < -0.39 is 0 Å². The van der Waals surface area contributed by atoms with E-state index in [2.05, 4.69) is 17.2 Å². The average Bonchev–Trinajstić information content (AvgIpc) is 2.93. The van der Waals surface area contributed by atoms with Crippen LogP contribution in [0.2, 0.25) is 0 Å². The normalized spacial score (nSPS) is 17.1. The Labute approximate surface area is 150 Å². The quantitative estimate of drug-likeness (QED) is 0.794. The summed E-state index contributed by atoms with van der Waals surface area (Å²) in [5.74, 6) is 0.770. The molecule has 1 aliphatic rings. The molecule has 1 fully saturated rings. The van der Waals surface area contributed by atoms with E-state index in [-0.39, 0.29) is 11.7 Å². The van der Waals surface area contributed by atoms with E-state index >= 15 is 0 Å². The van der Waals surface area contributed by atoms with Crippen molar-refractivity contribution in [2.45, 2.75) is 13.3 Å². The van der Waals surface area contributed by atoms with Crippen molar-refractivity contribution in [1.29, 1.82) is 0 Å². The number of ether oxygens (including phenoxy) is 1. The first-order chi connectivity index (χ1) is 12.1. The first-order valence-corrected chi connectivity index (χ1v) is 8.77. The molecule has 3 rings (SSSR count). The highest BCUT2D eigenvalue weighted by atomic mass is 32.2. The number of phenolic OH excluding ortho intramolecular Hbond substituents is 1. The van der Waals surface area contributed by atoms with Crippen LogP contribution in [0.15, 0.2) is 58.4 Å². The Morgan fingerprint density at radius 2 is 2.04 bits per heavy atom. The van der Waals surface area contributed by atoms with Crippen LogP contribution in [0, 0.1) is 0 Å². The van der Waals surface area contributed by atoms with Gasteiger partial charge in [0.25, 0.3) is 5.91 Å². The lowest BCUT2D eigenvalue weighted by atomic mass is 10.2. The number of amidine groups is 1. The number of phenols is 1. The molecule has 5 nitrogen and oxygen atoms in total. The monoisotopic (exact) mass is 354 g/mol. The van der Waals surface area contributed by atoms with Crippen LogP contribution in [-0.4, -0.2) is 22.8 Å². The maximum absolute atomic E-state index is 12.1. The number of aliphatic imine (C=N–C) groups is 1. The number of aromatic hydroxyl groups is 1. The highest BCUT2D eigenvalue weighted by Gasteiger charge is 2.23. The molecule has 1 aliphatic heterocycles. The SMILES string of the molecule is CCCOc1ccc(/C=C2\SC(=Nc3cccc(O)c3)NC2=O)cc1. The van der Waals surface area contributed by atoms with Crippen molar-refractivity contribution in [3.05, 3.63) is 59.0 Å². The molecule has 2 aromatic rings. The second kappa shape index (κ2) is 7.90. The molecular weight excluding hydrogens is 336 g/mol. The van der Waals surface area contributed by atoms with Crippen molar-refractivity contribution in [3.63, 3.8) is 0 Å². The van der Waals surface area contributed by atoms with Crippen LogP contribution in [0.4, 0.5) is 5.69 Å². The molecule has 1 amide bonds. The van der Waals surface area contributed by atoms with Crippen LogP contribution in [0.25, 0.3) is 6.08 Å². The van der Waals surface area contributed by atoms with Gasteiger partial charge in [-0.1, -0.05) is 25.1 Å². The Morgan fingerprint density at radius 3 is 2.76 bits per heavy atom. The molecule has 1 saturated heterocycles. The summed E-state index contributed by atoms with van der Waals surface area (Å²) in [5, 5.41) is 12.7. The summed E-state index contributed by atoms with van der Waals surface area (Å²) in [6.07, 6.45) is 2.78. The zero-order valence-electron chi connectivity index (χ0n) is 13.7. The lowest BCUT2D eigenvalue weighted by Gasteiger charge is -2.04. The van der Waals surface area contributed by atoms with Gasteiger partial charge < -0.3 is 15.2 Å². The summed E-state index contributed by atoms with van der Waals surface area (Å²) in [6.45, 7) is 2.75. The van der Waals surface area contributed by atoms with Crippen LogP contribution in [0.5, 0.6) is 11.5 Å². The van der Waals surface area contributed by atoms with Gasteiger partial charge in [0, 0.05) is 6.07 Å². The number of nitrogens with zero attached hydrogens (tertiary/aromatic N) is 1. The topological polar surface area (TPSA) is 70.9 Å². The van der Waals surface area contributed by atoms with E-state index in [0.717, 1.165) is 17.7 Å². The van der Waals surface area contributed by atoms with E-state index in [9.17, 15) is 9.90 Å². The van der Waals surface area contributed by atoms with Crippen molar-refractivity contribution in [3.8, 4) is 11.5 Å². The third-order valence-electron chi connectivity index (χ3n) is 3.36. The summed E-state index contributed by atoms with van der Waals surface area (Å²) in [7, 11) is 0. The lowest BCUT2D eigenvalue weighted by molar-refractivity contribution is -0.115. The van der Waals surface area contributed by atoms with Crippen LogP contribution in [0.3, 0.4) is 0 Å². The summed E-state index contributed by atoms with van der Waals surface area (Å²) < 4.78 is 5.55. The van der Waals surface area contributed by atoms with E-state index in [1.165, 1.54) is 17.8 Å². The number of carbonyl (C=O) groups is 1. The fourth-order valence-electron chi connectivity index (χ4n) is 2.19. The lowest BCUT2D eigenvalue weighted by Crippen LogP contribution is -2.19. The number of rotatable bonds is 5. The van der Waals surface area contributed by atoms with E-state index in [1.807, 2.05) is 30.3 Å². The molecule has 0 bridgehead atoms. The van der Waals surface area contributed by atoms with Gasteiger partial charge in [-0.05, 0) is 54.1 Å². The molecule has 0 aliphatic carbocycles. The number of amides is 1. The highest BCUT2D eigenvalue weighted by Crippen LogP contribution is 2.29. The Balaban J connectivity index is 1.72. The minimum Gasteiger partial charge on any atom is -0.508 e. The van der Waals surface area contributed by atoms with E-state index in [4.69, 9.17) is 4.74 Å². The maximum Gasteiger partial charge on any atom is 0.264 e. The van der Waals surface area contributed by atoms with Gasteiger partial charge >= 0.3 is 0 Å². The largest absolute Gasteiger partial charge is 0.508 e. The molecule has 0 aromatic heterocycles. The fraction of sp³-hybridized carbons (Fsp3) is 0.158. The van der Waals surface area contributed by atoms with Gasteiger partial charge in [-0.25, -0.2) is 4.99 Å². The summed E-state index contributed by atoms with van der Waals surface area (Å²) in [4.78, 5) is 17.0. The number of hydrogen-bond donors (Lipinski definition) is 2. The predicted octanol–water partition coefficient (Wildman–Crippen LogP) is 4.07. The number of nitrogens with one attached hydrogen (secondary N) is 1. The molecule has 128 valence electrons. The Bertz CT molecular complexity index is 829. The van der Waals surface area contributed by atoms with E-state index in [0.29, 0.717) is 22.4 Å². The molecule has 1 heterocycles. The minimum atomic E-state index is -0.185. The van der Waals surface area contributed by atoms with Gasteiger partial charge in [-0.2, -0.15) is 0 Å². The van der Waals surface area contributed by atoms with Crippen molar-refractivity contribution < 1.29 is 14.6 Å². The molecule has 2 aromatic carbocycles. The van der Waals surface area contributed by atoms with Crippen molar-refractivity contribution in [1.82, 2.24) is 5.32 Å². The summed E-state index contributed by atoms with van der Waals surface area (Å²) in [6, 6.07) is 14.2. The van der Waals surface area contributed by atoms with Gasteiger partial charge in [-0.15, -0.1) is 0 Å². The molecule has 25 heavy (non-hydrogen) atoms. The molecule has 0 saturated carbocycles. The summed E-state index contributed by atoms with van der Waals surface area (Å²) in [5.41, 5.74) is 1.50. The number of carbonyl (C=O) groups excluding carboxylic acids is 1. The Morgan fingerprint density at radius 1 is 1.24 bits per heavy atom. The Hall–Kier alpha value is -2.73. The third kappa shape index (κ3) is 4.64. The summed E-state index contributed by atoms with van der Waals surface area (Å²) >= 11 is 1.27. The minimum absolute atomic E-state index is 0.136. The molecule has 2 N–H and O–H groups in total. The average molecular weight is 354 g/mol. The van der Waals surface area contributed by atoms with Crippen LogP contribution >= 0.6 is 11.8 Å². The number of thioether (sulfide) groups is 1. The molecule has 0 spiro atoms. The van der Waals surface area contributed by atoms with Crippen LogP contribution in [-0.2, 0) is 4.79 Å². The van der Waals surface area contributed by atoms with Crippen LogP contribution in [0.1, 0.15) is 18.9 Å². The second-order valence-electron chi connectivity index (χ2n) is 5.42. The molecular formula is C19H18N2O3S. The Kier molecular flexibility index (Phi) is 5.40.